The van der Waals surface area contributed by atoms with Gasteiger partial charge in [0.2, 0.25) is 0 Å². The fourth-order valence-corrected chi connectivity index (χ4v) is 2.72. The van der Waals surface area contributed by atoms with Gasteiger partial charge in [0.05, 0.1) is 23.1 Å². The first-order valence-corrected chi connectivity index (χ1v) is 8.62. The lowest BCUT2D eigenvalue weighted by Crippen LogP contribution is -2.14. The highest BCUT2D eigenvalue weighted by molar-refractivity contribution is 6.04. The third-order valence-electron chi connectivity index (χ3n) is 4.15. The van der Waals surface area contributed by atoms with Crippen LogP contribution in [0.3, 0.4) is 0 Å². The molecular weight excluding hydrogens is 367 g/mol. The van der Waals surface area contributed by atoms with Gasteiger partial charge in [-0.2, -0.15) is 0 Å². The molecule has 1 amide bonds. The monoisotopic (exact) mass is 385 g/mol. The van der Waals surface area contributed by atoms with E-state index >= 15 is 0 Å². The van der Waals surface area contributed by atoms with Crippen molar-refractivity contribution < 1.29 is 18.0 Å². The van der Waals surface area contributed by atoms with E-state index in [2.05, 4.69) is 29.5 Å². The largest absolute Gasteiger partial charge is 0.354 e. The first-order chi connectivity index (χ1) is 13.4. The van der Waals surface area contributed by atoms with Gasteiger partial charge in [-0.1, -0.05) is 32.0 Å². The third-order valence-corrected chi connectivity index (χ3v) is 4.15. The van der Waals surface area contributed by atoms with Gasteiger partial charge in [0, 0.05) is 11.9 Å². The fraction of sp³-hybridized carbons (Fsp3) is 0.143. The Morgan fingerprint density at radius 1 is 0.964 bits per heavy atom. The maximum Gasteiger partial charge on any atom is 0.257 e. The second kappa shape index (κ2) is 8.12. The van der Waals surface area contributed by atoms with Crippen LogP contribution in [0, 0.1) is 17.5 Å². The van der Waals surface area contributed by atoms with E-state index < -0.39 is 29.0 Å². The summed E-state index contributed by atoms with van der Waals surface area (Å²) in [6.45, 7) is 4.14. The van der Waals surface area contributed by atoms with Crippen molar-refractivity contribution in [2.45, 2.75) is 19.8 Å². The van der Waals surface area contributed by atoms with Crippen LogP contribution in [0.4, 0.5) is 30.2 Å². The highest BCUT2D eigenvalue weighted by Gasteiger charge is 2.16. The van der Waals surface area contributed by atoms with Crippen molar-refractivity contribution in [2.75, 3.05) is 10.6 Å². The number of hydrogen-bond donors (Lipinski definition) is 2. The Morgan fingerprint density at radius 3 is 2.46 bits per heavy atom. The molecule has 0 aliphatic heterocycles. The van der Waals surface area contributed by atoms with Crippen LogP contribution in [0.1, 0.15) is 35.7 Å². The van der Waals surface area contributed by atoms with Crippen molar-refractivity contribution in [1.82, 2.24) is 4.98 Å². The van der Waals surface area contributed by atoms with Crippen molar-refractivity contribution in [1.29, 1.82) is 0 Å². The van der Waals surface area contributed by atoms with Crippen LogP contribution in [-0.4, -0.2) is 10.9 Å². The van der Waals surface area contributed by atoms with Gasteiger partial charge in [-0.15, -0.1) is 0 Å². The first kappa shape index (κ1) is 19.4. The third kappa shape index (κ3) is 4.14. The SMILES string of the molecule is CC(C)c1ccccc1Nc1cncc(C(=O)Nc2ccc(F)c(F)c2F)c1. The lowest BCUT2D eigenvalue weighted by atomic mass is 10.0. The molecule has 2 aromatic carbocycles. The van der Waals surface area contributed by atoms with Crippen molar-refractivity contribution in [2.24, 2.45) is 0 Å². The number of benzene rings is 2. The van der Waals surface area contributed by atoms with E-state index in [1.807, 2.05) is 24.3 Å². The normalized spacial score (nSPS) is 10.8. The van der Waals surface area contributed by atoms with Gasteiger partial charge in [0.15, 0.2) is 17.5 Å². The summed E-state index contributed by atoms with van der Waals surface area (Å²) in [5.41, 5.74) is 2.22. The summed E-state index contributed by atoms with van der Waals surface area (Å²) >= 11 is 0. The molecule has 0 unspecified atom stereocenters. The fourth-order valence-electron chi connectivity index (χ4n) is 2.72. The number of aromatic nitrogens is 1. The van der Waals surface area contributed by atoms with Crippen LogP contribution in [0.15, 0.2) is 54.9 Å². The zero-order valence-electron chi connectivity index (χ0n) is 15.3. The minimum Gasteiger partial charge on any atom is -0.354 e. The zero-order valence-corrected chi connectivity index (χ0v) is 15.3. The predicted octanol–water partition coefficient (Wildman–Crippen LogP) is 5.62. The molecule has 0 radical (unpaired) electrons. The second-order valence-electron chi connectivity index (χ2n) is 6.51. The Bertz CT molecular complexity index is 1020. The summed E-state index contributed by atoms with van der Waals surface area (Å²) in [4.78, 5) is 16.4. The molecule has 1 aromatic heterocycles. The minimum atomic E-state index is -1.64. The summed E-state index contributed by atoms with van der Waals surface area (Å²) in [5.74, 6) is -4.83. The average Bonchev–Trinajstić information content (AvgIpc) is 2.69. The topological polar surface area (TPSA) is 54.0 Å². The molecule has 0 saturated heterocycles. The molecular formula is C21H18F3N3O. The van der Waals surface area contributed by atoms with Crippen LogP contribution in [-0.2, 0) is 0 Å². The molecule has 3 aromatic rings. The van der Waals surface area contributed by atoms with E-state index in [0.717, 1.165) is 23.4 Å². The number of nitrogens with zero attached hydrogens (tertiary/aromatic N) is 1. The maximum atomic E-state index is 13.8. The van der Waals surface area contributed by atoms with E-state index in [1.165, 1.54) is 12.3 Å². The predicted molar refractivity (Wildman–Crippen MR) is 102 cm³/mol. The quantitative estimate of drug-likeness (QED) is 0.561. The first-order valence-electron chi connectivity index (χ1n) is 8.62. The van der Waals surface area contributed by atoms with Gasteiger partial charge < -0.3 is 10.6 Å². The molecule has 4 nitrogen and oxygen atoms in total. The highest BCUT2D eigenvalue weighted by atomic mass is 19.2. The second-order valence-corrected chi connectivity index (χ2v) is 6.51. The smallest absolute Gasteiger partial charge is 0.257 e. The van der Waals surface area contributed by atoms with E-state index in [1.54, 1.807) is 6.20 Å². The number of para-hydroxylation sites is 1. The number of hydrogen-bond acceptors (Lipinski definition) is 3. The number of amides is 1. The molecule has 2 N–H and O–H groups in total. The zero-order chi connectivity index (χ0) is 20.3. The number of halogens is 3. The summed E-state index contributed by atoms with van der Waals surface area (Å²) in [6, 6.07) is 11.0. The van der Waals surface area contributed by atoms with Crippen LogP contribution in [0.5, 0.6) is 0 Å². The van der Waals surface area contributed by atoms with Crippen molar-refractivity contribution in [3.8, 4) is 0 Å². The number of nitrogens with one attached hydrogen (secondary N) is 2. The lowest BCUT2D eigenvalue weighted by molar-refractivity contribution is 0.102. The van der Waals surface area contributed by atoms with Crippen LogP contribution < -0.4 is 10.6 Å². The molecule has 0 bridgehead atoms. The van der Waals surface area contributed by atoms with Crippen molar-refractivity contribution in [3.05, 3.63) is 83.4 Å². The highest BCUT2D eigenvalue weighted by Crippen LogP contribution is 2.27. The molecule has 0 saturated carbocycles. The van der Waals surface area contributed by atoms with Crippen LogP contribution in [0.25, 0.3) is 0 Å². The Balaban J connectivity index is 1.82. The Morgan fingerprint density at radius 2 is 1.71 bits per heavy atom. The molecule has 7 heteroatoms. The molecule has 28 heavy (non-hydrogen) atoms. The number of anilines is 3. The average molecular weight is 385 g/mol. The van der Waals surface area contributed by atoms with Gasteiger partial charge >= 0.3 is 0 Å². The van der Waals surface area contributed by atoms with Gasteiger partial charge in [-0.05, 0) is 35.7 Å². The van der Waals surface area contributed by atoms with Gasteiger partial charge in [0.1, 0.15) is 0 Å². The molecule has 0 atom stereocenters. The molecule has 144 valence electrons. The maximum absolute atomic E-state index is 13.8. The Labute approximate surface area is 160 Å². The Kier molecular flexibility index (Phi) is 5.63. The molecule has 3 rings (SSSR count). The standard InChI is InChI=1S/C21H18F3N3O/c1-12(2)15-5-3-4-6-17(15)26-14-9-13(10-25-11-14)21(28)27-18-8-7-16(22)19(23)20(18)24/h3-12,26H,1-2H3,(H,27,28). The van der Waals surface area contributed by atoms with Crippen LogP contribution >= 0.6 is 0 Å². The van der Waals surface area contributed by atoms with E-state index in [0.29, 0.717) is 11.6 Å². The molecule has 0 aliphatic carbocycles. The van der Waals surface area contributed by atoms with Gasteiger partial charge in [-0.25, -0.2) is 13.2 Å². The van der Waals surface area contributed by atoms with Crippen molar-refractivity contribution in [3.63, 3.8) is 0 Å². The van der Waals surface area contributed by atoms with Gasteiger partial charge in [0.25, 0.3) is 5.91 Å². The number of carbonyl (C=O) groups excluding carboxylic acids is 1. The van der Waals surface area contributed by atoms with Gasteiger partial charge in [-0.3, -0.25) is 9.78 Å². The summed E-state index contributed by atoms with van der Waals surface area (Å²) in [7, 11) is 0. The summed E-state index contributed by atoms with van der Waals surface area (Å²) < 4.78 is 40.1. The Hall–Kier alpha value is -3.35. The number of pyridine rings is 1. The van der Waals surface area contributed by atoms with E-state index in [9.17, 15) is 18.0 Å². The van der Waals surface area contributed by atoms with E-state index in [4.69, 9.17) is 0 Å². The summed E-state index contributed by atoms with van der Waals surface area (Å²) in [6.07, 6.45) is 2.85. The van der Waals surface area contributed by atoms with Crippen molar-refractivity contribution >= 4 is 23.0 Å². The van der Waals surface area contributed by atoms with Crippen LogP contribution in [0.2, 0.25) is 0 Å². The molecule has 0 aliphatic rings. The molecule has 0 fully saturated rings. The number of rotatable bonds is 5. The number of carbonyl (C=O) groups is 1. The lowest BCUT2D eigenvalue weighted by Gasteiger charge is -2.15. The minimum absolute atomic E-state index is 0.135. The molecule has 1 heterocycles. The summed E-state index contributed by atoms with van der Waals surface area (Å²) in [5, 5.41) is 5.44. The molecule has 0 spiro atoms. The van der Waals surface area contributed by atoms with E-state index in [-0.39, 0.29) is 5.56 Å².